The Morgan fingerprint density at radius 3 is 2.52 bits per heavy atom. The van der Waals surface area contributed by atoms with Crippen molar-refractivity contribution in [1.82, 2.24) is 9.62 Å². The highest BCUT2D eigenvalue weighted by atomic mass is 32.2. The van der Waals surface area contributed by atoms with Crippen LogP contribution < -0.4 is 4.72 Å². The highest BCUT2D eigenvalue weighted by molar-refractivity contribution is 7.89. The SMILES string of the molecule is CC(C)[C@H](NS(=O)(=O)c1ccc2c(c1)oc1ccc(-c3sccc3CN(C)C)cc12)C(=O)O. The van der Waals surface area contributed by atoms with Gasteiger partial charge < -0.3 is 14.4 Å². The first kappa shape index (κ1) is 23.4. The Labute approximate surface area is 196 Å². The maximum absolute atomic E-state index is 12.8. The normalized spacial score (nSPS) is 13.4. The van der Waals surface area contributed by atoms with Crippen LogP contribution in [0.15, 0.2) is 57.2 Å². The van der Waals surface area contributed by atoms with Gasteiger partial charge in [0.05, 0.1) is 4.90 Å². The fourth-order valence-electron chi connectivity index (χ4n) is 3.83. The molecule has 33 heavy (non-hydrogen) atoms. The number of thiophene rings is 1. The van der Waals surface area contributed by atoms with E-state index in [0.717, 1.165) is 22.9 Å². The fraction of sp³-hybridized carbons (Fsp3) is 0.292. The molecule has 0 aliphatic carbocycles. The van der Waals surface area contributed by atoms with Gasteiger partial charge in [-0.2, -0.15) is 4.72 Å². The molecule has 2 heterocycles. The van der Waals surface area contributed by atoms with E-state index in [1.807, 2.05) is 26.2 Å². The Balaban J connectivity index is 1.74. The Bertz CT molecular complexity index is 1430. The van der Waals surface area contributed by atoms with E-state index in [9.17, 15) is 18.3 Å². The number of hydrogen-bond donors (Lipinski definition) is 2. The molecule has 0 saturated carbocycles. The zero-order valence-corrected chi connectivity index (χ0v) is 20.5. The summed E-state index contributed by atoms with van der Waals surface area (Å²) in [5.41, 5.74) is 3.42. The van der Waals surface area contributed by atoms with Crippen LogP contribution in [-0.4, -0.2) is 44.5 Å². The molecule has 0 aliphatic rings. The second kappa shape index (κ2) is 8.90. The van der Waals surface area contributed by atoms with Crippen LogP contribution >= 0.6 is 11.3 Å². The first-order valence-corrected chi connectivity index (χ1v) is 12.9. The molecule has 2 N–H and O–H groups in total. The molecule has 0 spiro atoms. The number of rotatable bonds is 8. The molecule has 0 aliphatic heterocycles. The summed E-state index contributed by atoms with van der Waals surface area (Å²) < 4.78 is 33.9. The summed E-state index contributed by atoms with van der Waals surface area (Å²) in [5.74, 6) is -1.62. The largest absolute Gasteiger partial charge is 0.480 e. The van der Waals surface area contributed by atoms with Gasteiger partial charge in [0.1, 0.15) is 17.2 Å². The smallest absolute Gasteiger partial charge is 0.322 e. The average Bonchev–Trinajstić information content (AvgIpc) is 3.34. The lowest BCUT2D eigenvalue weighted by atomic mass is 10.1. The monoisotopic (exact) mass is 486 g/mol. The van der Waals surface area contributed by atoms with Gasteiger partial charge in [-0.25, -0.2) is 8.42 Å². The van der Waals surface area contributed by atoms with Gasteiger partial charge in [-0.1, -0.05) is 13.8 Å². The summed E-state index contributed by atoms with van der Waals surface area (Å²) in [6, 6.07) is 11.5. The lowest BCUT2D eigenvalue weighted by Gasteiger charge is -2.17. The van der Waals surface area contributed by atoms with Gasteiger partial charge in [0.25, 0.3) is 0 Å². The molecule has 174 valence electrons. The molecule has 9 heteroatoms. The number of fused-ring (bicyclic) bond motifs is 3. The summed E-state index contributed by atoms with van der Waals surface area (Å²) in [6.45, 7) is 4.14. The van der Waals surface area contributed by atoms with E-state index in [-0.39, 0.29) is 4.90 Å². The van der Waals surface area contributed by atoms with Crippen molar-refractivity contribution in [2.45, 2.75) is 31.3 Å². The number of sulfonamides is 1. The van der Waals surface area contributed by atoms with E-state index >= 15 is 0 Å². The fourth-order valence-corrected chi connectivity index (χ4v) is 6.10. The summed E-state index contributed by atoms with van der Waals surface area (Å²) in [7, 11) is 0.0395. The van der Waals surface area contributed by atoms with E-state index in [0.29, 0.717) is 11.2 Å². The third-order valence-electron chi connectivity index (χ3n) is 5.46. The van der Waals surface area contributed by atoms with Crippen LogP contribution in [-0.2, 0) is 21.4 Å². The van der Waals surface area contributed by atoms with Crippen molar-refractivity contribution in [3.8, 4) is 10.4 Å². The van der Waals surface area contributed by atoms with Crippen molar-refractivity contribution in [1.29, 1.82) is 0 Å². The molecule has 4 aromatic rings. The molecular formula is C24H26N2O5S2. The van der Waals surface area contributed by atoms with Crippen LogP contribution in [0.5, 0.6) is 0 Å². The number of benzene rings is 2. The van der Waals surface area contributed by atoms with Gasteiger partial charge in [0, 0.05) is 28.3 Å². The molecular weight excluding hydrogens is 460 g/mol. The maximum atomic E-state index is 12.8. The number of nitrogens with zero attached hydrogens (tertiary/aromatic N) is 1. The number of aliphatic carboxylic acids is 1. The Hall–Kier alpha value is -2.72. The number of hydrogen-bond acceptors (Lipinski definition) is 6. The quantitative estimate of drug-likeness (QED) is 0.372. The topological polar surface area (TPSA) is 99.9 Å². The number of carbonyl (C=O) groups is 1. The molecule has 2 aromatic heterocycles. The zero-order chi connectivity index (χ0) is 23.9. The standard InChI is InChI=1S/C24H26N2O5S2/c1-14(2)22(24(27)28)25-33(29,30)17-6-7-18-19-11-15(5-8-20(19)31-21(18)12-17)23-16(9-10-32-23)13-26(3)4/h5-12,14,22,25H,13H2,1-4H3,(H,27,28)/t22-/m0/s1. The Morgan fingerprint density at radius 1 is 1.09 bits per heavy atom. The zero-order valence-electron chi connectivity index (χ0n) is 18.8. The van der Waals surface area contributed by atoms with Crippen molar-refractivity contribution >= 4 is 49.3 Å². The lowest BCUT2D eigenvalue weighted by Crippen LogP contribution is -2.44. The molecule has 1 atom stereocenters. The first-order valence-electron chi connectivity index (χ1n) is 10.5. The van der Waals surface area contributed by atoms with E-state index < -0.39 is 28.0 Å². The molecule has 0 unspecified atom stereocenters. The number of nitrogens with one attached hydrogen (secondary N) is 1. The number of carboxylic acid groups (broad SMARTS) is 1. The first-order chi connectivity index (χ1) is 15.6. The van der Waals surface area contributed by atoms with Crippen LogP contribution in [0, 0.1) is 5.92 Å². The van der Waals surface area contributed by atoms with Crippen molar-refractivity contribution in [3.63, 3.8) is 0 Å². The molecule has 0 fully saturated rings. The molecule has 0 bridgehead atoms. The summed E-state index contributed by atoms with van der Waals surface area (Å²) in [4.78, 5) is 14.7. The minimum Gasteiger partial charge on any atom is -0.480 e. The second-order valence-corrected chi connectivity index (χ2v) is 11.3. The van der Waals surface area contributed by atoms with Gasteiger partial charge in [-0.15, -0.1) is 11.3 Å². The van der Waals surface area contributed by atoms with Crippen LogP contribution in [0.3, 0.4) is 0 Å². The van der Waals surface area contributed by atoms with E-state index in [4.69, 9.17) is 4.42 Å². The van der Waals surface area contributed by atoms with Crippen molar-refractivity contribution in [2.75, 3.05) is 14.1 Å². The minimum atomic E-state index is -4.03. The molecule has 0 saturated heterocycles. The van der Waals surface area contributed by atoms with Gasteiger partial charge in [-0.05, 0) is 72.9 Å². The van der Waals surface area contributed by atoms with Crippen molar-refractivity contribution in [2.24, 2.45) is 5.92 Å². The average molecular weight is 487 g/mol. The molecule has 0 amide bonds. The van der Waals surface area contributed by atoms with Crippen LogP contribution in [0.2, 0.25) is 0 Å². The van der Waals surface area contributed by atoms with E-state index in [1.54, 1.807) is 31.3 Å². The van der Waals surface area contributed by atoms with E-state index in [1.165, 1.54) is 22.6 Å². The van der Waals surface area contributed by atoms with Crippen LogP contribution in [0.25, 0.3) is 32.4 Å². The van der Waals surface area contributed by atoms with Gasteiger partial charge >= 0.3 is 5.97 Å². The summed E-state index contributed by atoms with van der Waals surface area (Å²) in [6.07, 6.45) is 0. The second-order valence-electron chi connectivity index (χ2n) is 8.66. The third-order valence-corrected chi connectivity index (χ3v) is 7.91. The van der Waals surface area contributed by atoms with Crippen molar-refractivity contribution in [3.05, 3.63) is 53.4 Å². The van der Waals surface area contributed by atoms with Crippen LogP contribution in [0.4, 0.5) is 0 Å². The molecule has 4 rings (SSSR count). The highest BCUT2D eigenvalue weighted by Gasteiger charge is 2.28. The van der Waals surface area contributed by atoms with E-state index in [2.05, 4.69) is 27.1 Å². The third kappa shape index (κ3) is 4.67. The van der Waals surface area contributed by atoms with Crippen molar-refractivity contribution < 1.29 is 22.7 Å². The summed E-state index contributed by atoms with van der Waals surface area (Å²) >= 11 is 1.68. The Kier molecular flexibility index (Phi) is 6.32. The molecule has 7 nitrogen and oxygen atoms in total. The number of carboxylic acids is 1. The molecule has 2 aromatic carbocycles. The summed E-state index contributed by atoms with van der Waals surface area (Å²) in [5, 5.41) is 13.1. The predicted molar refractivity (Wildman–Crippen MR) is 131 cm³/mol. The predicted octanol–water partition coefficient (Wildman–Crippen LogP) is 4.76. The number of furan rings is 1. The van der Waals surface area contributed by atoms with Gasteiger partial charge in [0.15, 0.2) is 0 Å². The van der Waals surface area contributed by atoms with Gasteiger partial charge in [-0.3, -0.25) is 4.79 Å². The maximum Gasteiger partial charge on any atom is 0.322 e. The van der Waals surface area contributed by atoms with Gasteiger partial charge in [0.2, 0.25) is 10.0 Å². The molecule has 0 radical (unpaired) electrons. The minimum absolute atomic E-state index is 0.0345. The highest BCUT2D eigenvalue weighted by Crippen LogP contribution is 2.36. The van der Waals surface area contributed by atoms with Crippen LogP contribution in [0.1, 0.15) is 19.4 Å². The lowest BCUT2D eigenvalue weighted by molar-refractivity contribution is -0.140. The Morgan fingerprint density at radius 2 is 1.85 bits per heavy atom.